The number of carbonyl (C=O) groups is 1. The molecule has 68 valence electrons. The quantitative estimate of drug-likeness (QED) is 0.376. The summed E-state index contributed by atoms with van der Waals surface area (Å²) in [5.74, 6) is -1.47. The minimum Gasteiger partial charge on any atom is -0.489 e. The highest BCUT2D eigenvalue weighted by atomic mass is 16.6. The molecule has 1 amide bonds. The monoisotopic (exact) mass is 184 g/mol. The Hall–Kier alpha value is -2.25. The Morgan fingerprint density at radius 2 is 2.38 bits per heavy atom. The molecule has 1 rings (SSSR count). The number of aromatic nitrogens is 2. The molecule has 0 aliphatic heterocycles. The lowest BCUT2D eigenvalue weighted by molar-refractivity contribution is -0.389. The Labute approximate surface area is 71.4 Å². The summed E-state index contributed by atoms with van der Waals surface area (Å²) >= 11 is 0. The fraction of sp³-hybridized carbons (Fsp3) is 0. The van der Waals surface area contributed by atoms with Crippen LogP contribution in [0, 0.1) is 10.1 Å². The van der Waals surface area contributed by atoms with E-state index in [2.05, 4.69) is 9.97 Å². The van der Waals surface area contributed by atoms with Gasteiger partial charge in [-0.2, -0.15) is 0 Å². The molecule has 0 saturated carbocycles. The summed E-state index contributed by atoms with van der Waals surface area (Å²) in [7, 11) is 0. The average molecular weight is 184 g/mol. The van der Waals surface area contributed by atoms with Gasteiger partial charge < -0.3 is 15.2 Å². The second-order valence-electron chi connectivity index (χ2n) is 1.92. The van der Waals surface area contributed by atoms with E-state index < -0.39 is 16.6 Å². The molecule has 8 heteroatoms. The van der Waals surface area contributed by atoms with Gasteiger partial charge in [0.05, 0.1) is 0 Å². The van der Waals surface area contributed by atoms with Crippen LogP contribution in [0.1, 0.15) is 0 Å². The number of nitro groups is 1. The van der Waals surface area contributed by atoms with Crippen LogP contribution in [-0.4, -0.2) is 26.4 Å². The Morgan fingerprint density at radius 3 is 2.92 bits per heavy atom. The molecule has 2 N–H and O–H groups in total. The minimum absolute atomic E-state index is 0.230. The van der Waals surface area contributed by atoms with Gasteiger partial charge in [0, 0.05) is 0 Å². The number of nitrogens with one attached hydrogen (secondary N) is 1. The molecular formula is C5H4N4O4. The zero-order valence-corrected chi connectivity index (χ0v) is 6.17. The summed E-state index contributed by atoms with van der Waals surface area (Å²) in [4.78, 5) is 25.9. The first-order valence-electron chi connectivity index (χ1n) is 3.05. The van der Waals surface area contributed by atoms with Crippen molar-refractivity contribution in [2.75, 3.05) is 5.32 Å². The van der Waals surface area contributed by atoms with Gasteiger partial charge in [-0.15, -0.1) is 0 Å². The second-order valence-corrected chi connectivity index (χ2v) is 1.92. The fourth-order valence-electron chi connectivity index (χ4n) is 0.614. The second kappa shape index (κ2) is 3.43. The predicted octanol–water partition coefficient (Wildman–Crippen LogP) is -0.341. The van der Waals surface area contributed by atoms with Crippen molar-refractivity contribution in [1.82, 2.24) is 9.97 Å². The highest BCUT2D eigenvalue weighted by Crippen LogP contribution is 2.18. The maximum atomic E-state index is 10.2. The van der Waals surface area contributed by atoms with Crippen LogP contribution in [0.5, 0.6) is 5.88 Å². The van der Waals surface area contributed by atoms with Crippen LogP contribution in [-0.2, 0) is 4.79 Å². The van der Waals surface area contributed by atoms with Crippen LogP contribution < -0.4 is 5.32 Å². The van der Waals surface area contributed by atoms with Gasteiger partial charge in [0.2, 0.25) is 6.41 Å². The molecule has 1 aromatic rings. The molecule has 0 unspecified atom stereocenters. The van der Waals surface area contributed by atoms with Gasteiger partial charge >= 0.3 is 11.6 Å². The predicted molar refractivity (Wildman–Crippen MR) is 40.0 cm³/mol. The van der Waals surface area contributed by atoms with E-state index in [0.717, 1.165) is 6.20 Å². The number of nitrogens with zero attached hydrogens (tertiary/aromatic N) is 3. The smallest absolute Gasteiger partial charge is 0.384 e. The molecule has 1 heterocycles. The van der Waals surface area contributed by atoms with Crippen LogP contribution in [0.4, 0.5) is 11.6 Å². The summed E-state index contributed by atoms with van der Waals surface area (Å²) in [6.07, 6.45) is 1.01. The van der Waals surface area contributed by atoms with E-state index in [9.17, 15) is 14.9 Å². The zero-order valence-electron chi connectivity index (χ0n) is 6.17. The molecule has 0 bridgehead atoms. The summed E-state index contributed by atoms with van der Waals surface area (Å²) in [5, 5.41) is 21.1. The third kappa shape index (κ3) is 1.86. The van der Waals surface area contributed by atoms with E-state index in [0.29, 0.717) is 0 Å². The maximum Gasteiger partial charge on any atom is 0.384 e. The lowest BCUT2D eigenvalue weighted by Gasteiger charge is -1.95. The van der Waals surface area contributed by atoms with Crippen molar-refractivity contribution in [3.8, 4) is 5.88 Å². The van der Waals surface area contributed by atoms with Crippen molar-refractivity contribution < 1.29 is 14.8 Å². The van der Waals surface area contributed by atoms with Gasteiger partial charge in [-0.3, -0.25) is 10.1 Å². The zero-order chi connectivity index (χ0) is 9.84. The Bertz CT molecular complexity index is 352. The number of amides is 1. The van der Waals surface area contributed by atoms with E-state index >= 15 is 0 Å². The van der Waals surface area contributed by atoms with Crippen molar-refractivity contribution in [3.05, 3.63) is 16.3 Å². The first kappa shape index (κ1) is 8.84. The molecule has 0 atom stereocenters. The van der Waals surface area contributed by atoms with Gasteiger partial charge in [0.25, 0.3) is 5.88 Å². The van der Waals surface area contributed by atoms with Gasteiger partial charge in [0.15, 0.2) is 0 Å². The van der Waals surface area contributed by atoms with Crippen LogP contribution in [0.3, 0.4) is 0 Å². The molecule has 0 aliphatic carbocycles. The normalized spacial score (nSPS) is 9.23. The number of anilines is 1. The minimum atomic E-state index is -0.789. The van der Waals surface area contributed by atoms with Crippen molar-refractivity contribution in [1.29, 1.82) is 0 Å². The molecule has 13 heavy (non-hydrogen) atoms. The highest BCUT2D eigenvalue weighted by molar-refractivity contribution is 5.71. The lowest BCUT2D eigenvalue weighted by atomic mass is 10.6. The van der Waals surface area contributed by atoms with Crippen molar-refractivity contribution in [2.45, 2.75) is 0 Å². The van der Waals surface area contributed by atoms with Gasteiger partial charge in [0.1, 0.15) is 6.20 Å². The molecule has 1 aromatic heterocycles. The molecule has 8 nitrogen and oxygen atoms in total. The standard InChI is InChI=1S/C5H4N4O4/c10-2-7-4-5(11)6-1-3(8-4)9(12)13/h1-2H,(H,6,11)(H,7,8,10). The van der Waals surface area contributed by atoms with E-state index in [1.807, 2.05) is 5.32 Å². The van der Waals surface area contributed by atoms with Crippen LogP contribution >= 0.6 is 0 Å². The van der Waals surface area contributed by atoms with Crippen LogP contribution in [0.25, 0.3) is 0 Å². The number of hydrogen-bond donors (Lipinski definition) is 2. The van der Waals surface area contributed by atoms with Crippen LogP contribution in [0.15, 0.2) is 6.20 Å². The molecule has 0 radical (unpaired) electrons. The van der Waals surface area contributed by atoms with Crippen molar-refractivity contribution >= 4 is 18.0 Å². The molecule has 0 aromatic carbocycles. The Kier molecular flexibility index (Phi) is 2.33. The van der Waals surface area contributed by atoms with E-state index in [-0.39, 0.29) is 12.2 Å². The molecular weight excluding hydrogens is 180 g/mol. The van der Waals surface area contributed by atoms with Gasteiger partial charge in [-0.05, 0) is 9.91 Å². The third-order valence-electron chi connectivity index (χ3n) is 1.12. The number of aromatic hydroxyl groups is 1. The number of rotatable bonds is 3. The van der Waals surface area contributed by atoms with E-state index in [4.69, 9.17) is 5.11 Å². The first-order chi connectivity index (χ1) is 6.15. The summed E-state index contributed by atoms with van der Waals surface area (Å²) in [6, 6.07) is 0. The average Bonchev–Trinajstić information content (AvgIpc) is 2.08. The maximum absolute atomic E-state index is 10.2. The Balaban J connectivity index is 3.10. The third-order valence-corrected chi connectivity index (χ3v) is 1.12. The van der Waals surface area contributed by atoms with Crippen molar-refractivity contribution in [2.24, 2.45) is 0 Å². The lowest BCUT2D eigenvalue weighted by Crippen LogP contribution is -2.01. The van der Waals surface area contributed by atoms with Gasteiger partial charge in [-0.1, -0.05) is 0 Å². The van der Waals surface area contributed by atoms with E-state index in [1.165, 1.54) is 0 Å². The van der Waals surface area contributed by atoms with Crippen LogP contribution in [0.2, 0.25) is 0 Å². The molecule has 0 spiro atoms. The number of hydrogen-bond acceptors (Lipinski definition) is 6. The highest BCUT2D eigenvalue weighted by Gasteiger charge is 2.15. The summed E-state index contributed by atoms with van der Waals surface area (Å²) < 4.78 is 0. The summed E-state index contributed by atoms with van der Waals surface area (Å²) in [6.45, 7) is 0. The SMILES string of the molecule is O=CNc1nc([N+](=O)[O-])cnc1O. The largest absolute Gasteiger partial charge is 0.489 e. The molecule has 0 aliphatic rings. The number of carbonyl (C=O) groups excluding carboxylic acids is 1. The topological polar surface area (TPSA) is 118 Å². The fourth-order valence-corrected chi connectivity index (χ4v) is 0.614. The molecule has 0 fully saturated rings. The summed E-state index contributed by atoms with van der Waals surface area (Å²) in [5.41, 5.74) is 0. The molecule has 0 saturated heterocycles. The van der Waals surface area contributed by atoms with Gasteiger partial charge in [-0.25, -0.2) is 4.98 Å². The Morgan fingerprint density at radius 1 is 1.69 bits per heavy atom. The van der Waals surface area contributed by atoms with E-state index in [1.54, 1.807) is 0 Å². The first-order valence-corrected chi connectivity index (χ1v) is 3.05. The van der Waals surface area contributed by atoms with Crippen molar-refractivity contribution in [3.63, 3.8) is 0 Å².